The van der Waals surface area contributed by atoms with Crippen molar-refractivity contribution >= 4 is 39.8 Å². The van der Waals surface area contributed by atoms with Crippen molar-refractivity contribution in [2.75, 3.05) is 16.6 Å². The van der Waals surface area contributed by atoms with E-state index in [1.807, 2.05) is 61.5 Å². The number of nitrogens with zero attached hydrogens (tertiary/aromatic N) is 2. The first-order chi connectivity index (χ1) is 18.0. The largest absolute Gasteiger partial charge is 0.462 e. The van der Waals surface area contributed by atoms with Crippen molar-refractivity contribution in [1.29, 1.82) is 0 Å². The van der Waals surface area contributed by atoms with Crippen LogP contribution in [0.1, 0.15) is 57.7 Å². The maximum absolute atomic E-state index is 14.1. The Morgan fingerprint density at radius 1 is 1.03 bits per heavy atom. The Hall–Kier alpha value is -3.49. The van der Waals surface area contributed by atoms with Crippen molar-refractivity contribution in [3.8, 4) is 0 Å². The number of amides is 2. The molecule has 3 aliphatic rings. The molecule has 2 aliphatic heterocycles. The normalized spacial score (nSPS) is 22.8. The lowest BCUT2D eigenvalue weighted by atomic mass is 9.90. The summed E-state index contributed by atoms with van der Waals surface area (Å²) < 4.78 is 5.37. The van der Waals surface area contributed by atoms with E-state index in [2.05, 4.69) is 0 Å². The maximum Gasteiger partial charge on any atom is 0.341 e. The summed E-state index contributed by atoms with van der Waals surface area (Å²) in [6.07, 6.45) is 2.58. The third-order valence-corrected chi connectivity index (χ3v) is 8.72. The molecule has 1 aromatic heterocycles. The number of anilines is 2. The number of carbonyl (C=O) groups is 3. The fraction of sp³-hybridized carbons (Fsp3) is 0.345. The Kier molecular flexibility index (Phi) is 6.09. The highest BCUT2D eigenvalue weighted by Crippen LogP contribution is 2.50. The van der Waals surface area contributed by atoms with Crippen molar-refractivity contribution in [3.05, 3.63) is 81.7 Å². The quantitative estimate of drug-likeness (QED) is 0.344. The van der Waals surface area contributed by atoms with E-state index in [1.54, 1.807) is 12.0 Å². The Morgan fingerprint density at radius 3 is 2.51 bits per heavy atom. The van der Waals surface area contributed by atoms with E-state index in [1.165, 1.54) is 16.2 Å². The Morgan fingerprint density at radius 2 is 1.76 bits per heavy atom. The molecule has 0 radical (unpaired) electrons. The number of fused-ring (bicyclic) bond motifs is 2. The summed E-state index contributed by atoms with van der Waals surface area (Å²) in [5.41, 5.74) is 3.98. The van der Waals surface area contributed by atoms with E-state index in [0.29, 0.717) is 10.6 Å². The summed E-state index contributed by atoms with van der Waals surface area (Å²) in [6, 6.07) is 17.0. The molecule has 3 aromatic rings. The van der Waals surface area contributed by atoms with Gasteiger partial charge in [0.1, 0.15) is 10.9 Å². The molecular formula is C29H28N2O5S. The summed E-state index contributed by atoms with van der Waals surface area (Å²) in [7, 11) is 0. The zero-order valence-electron chi connectivity index (χ0n) is 20.8. The molecule has 7 nitrogen and oxygen atoms in total. The highest BCUT2D eigenvalue weighted by Gasteiger charge is 2.61. The molecule has 2 fully saturated rings. The zero-order valence-corrected chi connectivity index (χ0v) is 21.6. The molecule has 3 atom stereocenters. The molecule has 2 amide bonds. The number of carbonyl (C=O) groups excluding carboxylic acids is 3. The van der Waals surface area contributed by atoms with Crippen LogP contribution in [0.25, 0.3) is 0 Å². The van der Waals surface area contributed by atoms with Gasteiger partial charge >= 0.3 is 5.97 Å². The molecule has 3 heterocycles. The summed E-state index contributed by atoms with van der Waals surface area (Å²) in [6.45, 7) is 3.96. The third-order valence-electron chi connectivity index (χ3n) is 7.44. The van der Waals surface area contributed by atoms with Gasteiger partial charge in [0.2, 0.25) is 5.91 Å². The first-order valence-corrected chi connectivity index (χ1v) is 13.6. The lowest BCUT2D eigenvalue weighted by molar-refractivity contribution is -0.126. The molecule has 0 bridgehead atoms. The predicted molar refractivity (Wildman–Crippen MR) is 141 cm³/mol. The van der Waals surface area contributed by atoms with Gasteiger partial charge in [-0.15, -0.1) is 11.3 Å². The van der Waals surface area contributed by atoms with Gasteiger partial charge in [0.25, 0.3) is 5.91 Å². The van der Waals surface area contributed by atoms with E-state index in [9.17, 15) is 14.4 Å². The topological polar surface area (TPSA) is 76.2 Å². The molecule has 0 saturated carbocycles. The van der Waals surface area contributed by atoms with Crippen LogP contribution in [0.3, 0.4) is 0 Å². The number of hydrogen-bond donors (Lipinski definition) is 0. The third kappa shape index (κ3) is 3.78. The number of thiophene rings is 1. The molecule has 0 N–H and O–H groups in total. The first-order valence-electron chi connectivity index (χ1n) is 12.8. The van der Waals surface area contributed by atoms with E-state index in [0.717, 1.165) is 52.9 Å². The van der Waals surface area contributed by atoms with E-state index >= 15 is 0 Å². The van der Waals surface area contributed by atoms with Gasteiger partial charge in [-0.1, -0.05) is 48.5 Å². The Bertz CT molecular complexity index is 1380. The molecule has 2 saturated heterocycles. The maximum atomic E-state index is 14.1. The standard InChI is InChI=1S/C29H28N2O5S/c1-3-35-29(34)22-19-14-8-10-16-21(19)37-28(22)30-26(32)23-24(18-12-5-4-6-13-18)31(36-25(23)27(30)33)20-15-9-7-11-17(20)2/h4-7,9,11-13,15,23-25H,3,8,10,14,16H2,1-2H3/t23-,24+,25-/m1/s1. The summed E-state index contributed by atoms with van der Waals surface area (Å²) in [5, 5.41) is 2.10. The minimum absolute atomic E-state index is 0.223. The van der Waals surface area contributed by atoms with Crippen LogP contribution in [0.15, 0.2) is 54.6 Å². The van der Waals surface area contributed by atoms with Crippen molar-refractivity contribution in [3.63, 3.8) is 0 Å². The van der Waals surface area contributed by atoms with Gasteiger partial charge in [0.05, 0.1) is 23.9 Å². The van der Waals surface area contributed by atoms with E-state index in [-0.39, 0.29) is 12.5 Å². The molecule has 6 rings (SSSR count). The van der Waals surface area contributed by atoms with Gasteiger partial charge in [-0.3, -0.25) is 14.4 Å². The molecule has 0 spiro atoms. The van der Waals surface area contributed by atoms with E-state index < -0.39 is 29.9 Å². The minimum atomic E-state index is -0.980. The highest BCUT2D eigenvalue weighted by molar-refractivity contribution is 7.17. The van der Waals surface area contributed by atoms with Crippen LogP contribution in [0.5, 0.6) is 0 Å². The number of esters is 1. The lowest BCUT2D eigenvalue weighted by Crippen LogP contribution is -2.38. The van der Waals surface area contributed by atoms with Gasteiger partial charge in [0, 0.05) is 4.88 Å². The molecule has 2 aromatic carbocycles. The SMILES string of the molecule is CCOC(=O)c1c(N2C(=O)[C@H]3[C@@H](ON(c4ccccc4C)[C@H]3c3ccccc3)C2=O)sc2c1CCCC2. The van der Waals surface area contributed by atoms with E-state index in [4.69, 9.17) is 9.57 Å². The van der Waals surface area contributed by atoms with Gasteiger partial charge in [-0.25, -0.2) is 14.8 Å². The van der Waals surface area contributed by atoms with Crippen LogP contribution in [0, 0.1) is 12.8 Å². The second-order valence-electron chi connectivity index (χ2n) is 9.64. The van der Waals surface area contributed by atoms with Gasteiger partial charge in [-0.05, 0) is 62.3 Å². The molecule has 8 heteroatoms. The number of hydroxylamine groups is 1. The van der Waals surface area contributed by atoms with Crippen LogP contribution in [-0.2, 0) is 32.0 Å². The van der Waals surface area contributed by atoms with Crippen LogP contribution >= 0.6 is 11.3 Å². The smallest absolute Gasteiger partial charge is 0.341 e. The molecule has 0 unspecified atom stereocenters. The zero-order chi connectivity index (χ0) is 25.7. The van der Waals surface area contributed by atoms with Crippen molar-refractivity contribution in [2.45, 2.75) is 51.7 Å². The summed E-state index contributed by atoms with van der Waals surface area (Å²) in [5.74, 6) is -2.00. The van der Waals surface area contributed by atoms with Gasteiger partial charge < -0.3 is 4.74 Å². The number of hydrogen-bond acceptors (Lipinski definition) is 7. The van der Waals surface area contributed by atoms with Crippen LogP contribution < -0.4 is 9.96 Å². The van der Waals surface area contributed by atoms with Crippen molar-refractivity contribution < 1.29 is 24.0 Å². The molecular weight excluding hydrogens is 488 g/mol. The molecule has 1 aliphatic carbocycles. The number of para-hydroxylation sites is 1. The predicted octanol–water partition coefficient (Wildman–Crippen LogP) is 5.16. The van der Waals surface area contributed by atoms with Crippen LogP contribution in [0.4, 0.5) is 10.7 Å². The number of imide groups is 1. The summed E-state index contributed by atoms with van der Waals surface area (Å²) >= 11 is 1.37. The first kappa shape index (κ1) is 23.9. The minimum Gasteiger partial charge on any atom is -0.462 e. The Balaban J connectivity index is 1.45. The average molecular weight is 517 g/mol. The fourth-order valence-corrected chi connectivity index (χ4v) is 7.13. The average Bonchev–Trinajstić information content (AvgIpc) is 3.55. The number of benzene rings is 2. The highest BCUT2D eigenvalue weighted by atomic mass is 32.1. The number of rotatable bonds is 5. The second-order valence-corrected chi connectivity index (χ2v) is 10.7. The molecule has 190 valence electrons. The fourth-order valence-electron chi connectivity index (χ4n) is 5.75. The van der Waals surface area contributed by atoms with Crippen molar-refractivity contribution in [1.82, 2.24) is 0 Å². The van der Waals surface area contributed by atoms with Crippen LogP contribution in [-0.4, -0.2) is 30.5 Å². The summed E-state index contributed by atoms with van der Waals surface area (Å²) in [4.78, 5) is 49.7. The second kappa shape index (κ2) is 9.43. The van der Waals surface area contributed by atoms with Crippen LogP contribution in [0.2, 0.25) is 0 Å². The number of aryl methyl sites for hydroxylation is 2. The monoisotopic (exact) mass is 516 g/mol. The Labute approximate surface area is 219 Å². The van der Waals surface area contributed by atoms with Crippen molar-refractivity contribution in [2.24, 2.45) is 5.92 Å². The van der Waals surface area contributed by atoms with Gasteiger partial charge in [0.15, 0.2) is 6.10 Å². The lowest BCUT2D eigenvalue weighted by Gasteiger charge is -2.29. The molecule has 37 heavy (non-hydrogen) atoms. The van der Waals surface area contributed by atoms with Gasteiger partial charge in [-0.2, -0.15) is 0 Å². The number of ether oxygens (including phenoxy) is 1.